The van der Waals surface area contributed by atoms with Crippen LogP contribution in [0.1, 0.15) is 56.3 Å². The minimum Gasteiger partial charge on any atom is -0.508 e. The predicted octanol–water partition coefficient (Wildman–Crippen LogP) is 4.13. The first-order chi connectivity index (χ1) is 9.04. The van der Waals surface area contributed by atoms with E-state index in [4.69, 9.17) is 11.6 Å². The summed E-state index contributed by atoms with van der Waals surface area (Å²) in [5.41, 5.74) is 0.321. The quantitative estimate of drug-likeness (QED) is 0.739. The van der Waals surface area contributed by atoms with Crippen LogP contribution in [-0.4, -0.2) is 17.1 Å². The van der Waals surface area contributed by atoms with Crippen LogP contribution < -0.4 is 5.32 Å². The third-order valence-electron chi connectivity index (χ3n) is 3.06. The van der Waals surface area contributed by atoms with Crippen LogP contribution in [0.15, 0.2) is 18.2 Å². The first-order valence-corrected chi connectivity index (χ1v) is 7.21. The Morgan fingerprint density at radius 1 is 1.37 bits per heavy atom. The molecule has 106 valence electrons. The fourth-order valence-electron chi connectivity index (χ4n) is 1.94. The lowest BCUT2D eigenvalue weighted by atomic mass is 10.1. The van der Waals surface area contributed by atoms with E-state index in [9.17, 15) is 9.90 Å². The number of nitrogens with one attached hydrogen (secondary N) is 1. The summed E-state index contributed by atoms with van der Waals surface area (Å²) in [7, 11) is 0. The molecule has 19 heavy (non-hydrogen) atoms. The molecule has 1 atom stereocenters. The molecular formula is C15H22ClNO2. The lowest BCUT2D eigenvalue weighted by molar-refractivity contribution is 0.0937. The Bertz CT molecular complexity index is 421. The number of hydrogen-bond donors (Lipinski definition) is 2. The maximum absolute atomic E-state index is 12.0. The largest absolute Gasteiger partial charge is 0.508 e. The number of hydrogen-bond acceptors (Lipinski definition) is 2. The molecule has 3 nitrogen and oxygen atoms in total. The van der Waals surface area contributed by atoms with Crippen molar-refractivity contribution in [1.82, 2.24) is 5.32 Å². The van der Waals surface area contributed by atoms with E-state index in [2.05, 4.69) is 12.2 Å². The van der Waals surface area contributed by atoms with Crippen molar-refractivity contribution >= 4 is 17.5 Å². The second-order valence-corrected chi connectivity index (χ2v) is 5.30. The van der Waals surface area contributed by atoms with Crippen molar-refractivity contribution < 1.29 is 9.90 Å². The van der Waals surface area contributed by atoms with Crippen molar-refractivity contribution in [1.29, 1.82) is 0 Å². The molecule has 0 aromatic heterocycles. The number of unbranched alkanes of at least 4 members (excludes halogenated alkanes) is 3. The molecule has 0 aliphatic carbocycles. The topological polar surface area (TPSA) is 49.3 Å². The summed E-state index contributed by atoms with van der Waals surface area (Å²) in [6.45, 7) is 4.16. The van der Waals surface area contributed by atoms with Gasteiger partial charge in [0.05, 0.1) is 10.6 Å². The first-order valence-electron chi connectivity index (χ1n) is 6.84. The molecular weight excluding hydrogens is 262 g/mol. The van der Waals surface area contributed by atoms with Crippen molar-refractivity contribution in [2.75, 3.05) is 0 Å². The highest BCUT2D eigenvalue weighted by atomic mass is 35.5. The van der Waals surface area contributed by atoms with Gasteiger partial charge in [-0.1, -0.05) is 44.2 Å². The predicted molar refractivity (Wildman–Crippen MR) is 78.8 cm³/mol. The number of benzene rings is 1. The Kier molecular flexibility index (Phi) is 6.71. The molecule has 0 heterocycles. The Hall–Kier alpha value is -1.22. The smallest absolute Gasteiger partial charge is 0.253 e. The van der Waals surface area contributed by atoms with Crippen molar-refractivity contribution in [2.24, 2.45) is 0 Å². The summed E-state index contributed by atoms with van der Waals surface area (Å²) in [4.78, 5) is 12.0. The molecule has 4 heteroatoms. The molecule has 0 saturated carbocycles. The van der Waals surface area contributed by atoms with E-state index >= 15 is 0 Å². The Morgan fingerprint density at radius 3 is 2.79 bits per heavy atom. The molecule has 0 saturated heterocycles. The molecule has 0 aliphatic rings. The maximum atomic E-state index is 12.0. The molecule has 0 spiro atoms. The van der Waals surface area contributed by atoms with Gasteiger partial charge in [0, 0.05) is 6.04 Å². The molecule has 1 unspecified atom stereocenters. The van der Waals surface area contributed by atoms with Crippen molar-refractivity contribution in [2.45, 2.75) is 52.0 Å². The van der Waals surface area contributed by atoms with Gasteiger partial charge in [0.25, 0.3) is 5.91 Å². The van der Waals surface area contributed by atoms with E-state index < -0.39 is 0 Å². The number of carbonyl (C=O) groups excluding carboxylic acids is 1. The van der Waals surface area contributed by atoms with Gasteiger partial charge < -0.3 is 10.4 Å². The van der Waals surface area contributed by atoms with Crippen LogP contribution in [0.2, 0.25) is 5.02 Å². The number of phenols is 1. The van der Waals surface area contributed by atoms with Crippen LogP contribution in [0.3, 0.4) is 0 Å². The fourth-order valence-corrected chi connectivity index (χ4v) is 2.14. The summed E-state index contributed by atoms with van der Waals surface area (Å²) >= 11 is 5.95. The molecule has 1 aromatic carbocycles. The van der Waals surface area contributed by atoms with E-state index in [0.717, 1.165) is 12.8 Å². The monoisotopic (exact) mass is 283 g/mol. The summed E-state index contributed by atoms with van der Waals surface area (Å²) in [6, 6.07) is 4.50. The van der Waals surface area contributed by atoms with E-state index in [0.29, 0.717) is 10.6 Å². The van der Waals surface area contributed by atoms with Crippen LogP contribution in [0, 0.1) is 0 Å². The van der Waals surface area contributed by atoms with Gasteiger partial charge in [-0.05, 0) is 31.5 Å². The fraction of sp³-hybridized carbons (Fsp3) is 0.533. The number of rotatable bonds is 7. The third kappa shape index (κ3) is 5.52. The lowest BCUT2D eigenvalue weighted by Gasteiger charge is -2.14. The number of amides is 1. The van der Waals surface area contributed by atoms with Gasteiger partial charge >= 0.3 is 0 Å². The lowest BCUT2D eigenvalue weighted by Crippen LogP contribution is -2.32. The van der Waals surface area contributed by atoms with E-state index in [1.54, 1.807) is 0 Å². The average Bonchev–Trinajstić information content (AvgIpc) is 2.37. The third-order valence-corrected chi connectivity index (χ3v) is 3.39. The van der Waals surface area contributed by atoms with Crippen LogP contribution in [-0.2, 0) is 0 Å². The van der Waals surface area contributed by atoms with Gasteiger partial charge in [0.15, 0.2) is 0 Å². The van der Waals surface area contributed by atoms with Gasteiger partial charge in [-0.3, -0.25) is 4.79 Å². The summed E-state index contributed by atoms with van der Waals surface area (Å²) < 4.78 is 0. The van der Waals surface area contributed by atoms with Crippen molar-refractivity contribution in [3.8, 4) is 5.75 Å². The molecule has 0 aliphatic heterocycles. The van der Waals surface area contributed by atoms with Gasteiger partial charge in [-0.2, -0.15) is 0 Å². The second kappa shape index (κ2) is 8.05. The normalized spacial score (nSPS) is 12.2. The highest BCUT2D eigenvalue weighted by Gasteiger charge is 2.13. The standard InChI is InChI=1S/C15H22ClNO2/c1-3-4-5-6-7-11(2)17-15(19)13-10-12(18)8-9-14(13)16/h8-11,18H,3-7H2,1-2H3,(H,17,19). The van der Waals surface area contributed by atoms with Crippen LogP contribution in [0.5, 0.6) is 5.75 Å². The number of aromatic hydroxyl groups is 1. The van der Waals surface area contributed by atoms with E-state index in [1.165, 1.54) is 37.5 Å². The molecule has 0 fully saturated rings. The number of phenolic OH excluding ortho intramolecular Hbond substituents is 1. The molecule has 1 rings (SSSR count). The van der Waals surface area contributed by atoms with E-state index in [1.807, 2.05) is 6.92 Å². The summed E-state index contributed by atoms with van der Waals surface area (Å²) in [5, 5.41) is 12.6. The van der Waals surface area contributed by atoms with Gasteiger partial charge in [0.1, 0.15) is 5.75 Å². The Morgan fingerprint density at radius 2 is 2.11 bits per heavy atom. The second-order valence-electron chi connectivity index (χ2n) is 4.89. The SMILES string of the molecule is CCCCCCC(C)NC(=O)c1cc(O)ccc1Cl. The molecule has 0 bridgehead atoms. The highest BCUT2D eigenvalue weighted by molar-refractivity contribution is 6.33. The zero-order valence-corrected chi connectivity index (χ0v) is 12.3. The first kappa shape index (κ1) is 15.8. The minimum absolute atomic E-state index is 0.0464. The average molecular weight is 284 g/mol. The maximum Gasteiger partial charge on any atom is 0.253 e. The van der Waals surface area contributed by atoms with Crippen molar-refractivity contribution in [3.05, 3.63) is 28.8 Å². The molecule has 1 amide bonds. The number of carbonyl (C=O) groups is 1. The van der Waals surface area contributed by atoms with Crippen LogP contribution in [0.25, 0.3) is 0 Å². The minimum atomic E-state index is -0.233. The van der Waals surface area contributed by atoms with Gasteiger partial charge in [0.2, 0.25) is 0 Å². The number of halogens is 1. The van der Waals surface area contributed by atoms with Gasteiger partial charge in [-0.15, -0.1) is 0 Å². The van der Waals surface area contributed by atoms with Crippen LogP contribution >= 0.6 is 11.6 Å². The zero-order chi connectivity index (χ0) is 14.3. The highest BCUT2D eigenvalue weighted by Crippen LogP contribution is 2.21. The molecule has 0 radical (unpaired) electrons. The summed E-state index contributed by atoms with van der Waals surface area (Å²) in [6.07, 6.45) is 5.72. The molecule has 1 aromatic rings. The Labute approximate surface area is 120 Å². The zero-order valence-electron chi connectivity index (χ0n) is 11.6. The summed E-state index contributed by atoms with van der Waals surface area (Å²) in [5.74, 6) is -0.186. The van der Waals surface area contributed by atoms with Crippen molar-refractivity contribution in [3.63, 3.8) is 0 Å². The van der Waals surface area contributed by atoms with Crippen LogP contribution in [0.4, 0.5) is 0 Å². The molecule has 2 N–H and O–H groups in total. The Balaban J connectivity index is 2.47. The van der Waals surface area contributed by atoms with Gasteiger partial charge in [-0.25, -0.2) is 0 Å². The van der Waals surface area contributed by atoms with E-state index in [-0.39, 0.29) is 17.7 Å².